The van der Waals surface area contributed by atoms with Gasteiger partial charge in [-0.1, -0.05) is 18.5 Å². The zero-order chi connectivity index (χ0) is 12.2. The molecule has 0 fully saturated rings. The second kappa shape index (κ2) is 6.00. The van der Waals surface area contributed by atoms with Gasteiger partial charge < -0.3 is 5.32 Å². The first-order valence-electron chi connectivity index (χ1n) is 5.13. The molecule has 1 heterocycles. The van der Waals surface area contributed by atoms with E-state index in [0.29, 0.717) is 6.54 Å². The summed E-state index contributed by atoms with van der Waals surface area (Å²) in [6, 6.07) is 3.95. The van der Waals surface area contributed by atoms with E-state index in [4.69, 9.17) is 11.6 Å². The van der Waals surface area contributed by atoms with Crippen molar-refractivity contribution in [2.75, 3.05) is 18.1 Å². The summed E-state index contributed by atoms with van der Waals surface area (Å²) in [4.78, 5) is 1.12. The van der Waals surface area contributed by atoms with E-state index in [9.17, 15) is 8.42 Å². The van der Waals surface area contributed by atoms with E-state index in [-0.39, 0.29) is 17.5 Å². The van der Waals surface area contributed by atoms with Crippen molar-refractivity contribution in [3.8, 4) is 0 Å². The number of sulfone groups is 1. The van der Waals surface area contributed by atoms with Crippen LogP contribution in [-0.2, 0) is 9.84 Å². The molecular formula is C10H16ClNO2S2. The van der Waals surface area contributed by atoms with Gasteiger partial charge in [0.15, 0.2) is 9.84 Å². The average molecular weight is 282 g/mol. The molecule has 1 aromatic rings. The zero-order valence-corrected chi connectivity index (χ0v) is 11.8. The topological polar surface area (TPSA) is 46.2 Å². The maximum Gasteiger partial charge on any atom is 0.151 e. The first-order chi connectivity index (χ1) is 7.44. The maximum absolute atomic E-state index is 11.3. The molecule has 0 bridgehead atoms. The van der Waals surface area contributed by atoms with Crippen molar-refractivity contribution >= 4 is 32.8 Å². The molecule has 0 saturated heterocycles. The fourth-order valence-corrected chi connectivity index (χ4v) is 3.04. The number of rotatable bonds is 6. The summed E-state index contributed by atoms with van der Waals surface area (Å²) < 4.78 is 23.3. The second-order valence-corrected chi connectivity index (χ2v) is 7.77. The Labute approximate surface area is 106 Å². The van der Waals surface area contributed by atoms with Crippen molar-refractivity contribution in [3.05, 3.63) is 21.3 Å². The lowest BCUT2D eigenvalue weighted by Gasteiger charge is -2.11. The van der Waals surface area contributed by atoms with Crippen LogP contribution < -0.4 is 5.32 Å². The van der Waals surface area contributed by atoms with Gasteiger partial charge >= 0.3 is 0 Å². The van der Waals surface area contributed by atoms with Gasteiger partial charge in [0.1, 0.15) is 0 Å². The van der Waals surface area contributed by atoms with Crippen LogP contribution in [-0.4, -0.2) is 26.5 Å². The van der Waals surface area contributed by atoms with Crippen molar-refractivity contribution in [2.24, 2.45) is 0 Å². The lowest BCUT2D eigenvalue weighted by molar-refractivity contribution is 0.576. The first kappa shape index (κ1) is 14.0. The number of hydrogen-bond donors (Lipinski definition) is 1. The maximum atomic E-state index is 11.3. The smallest absolute Gasteiger partial charge is 0.151 e. The monoisotopic (exact) mass is 281 g/mol. The molecule has 1 N–H and O–H groups in total. The van der Waals surface area contributed by atoms with Gasteiger partial charge in [0.05, 0.1) is 10.1 Å². The van der Waals surface area contributed by atoms with Gasteiger partial charge in [-0.05, 0) is 19.1 Å². The third-order valence-electron chi connectivity index (χ3n) is 2.32. The summed E-state index contributed by atoms with van der Waals surface area (Å²) in [7, 11) is -2.88. The van der Waals surface area contributed by atoms with Gasteiger partial charge in [-0.25, -0.2) is 8.42 Å². The summed E-state index contributed by atoms with van der Waals surface area (Å²) in [5, 5.41) is 3.18. The normalized spacial score (nSPS) is 13.9. The van der Waals surface area contributed by atoms with Crippen LogP contribution in [0.1, 0.15) is 24.8 Å². The summed E-state index contributed by atoms with van der Waals surface area (Å²) >= 11 is 7.34. The Morgan fingerprint density at radius 3 is 2.69 bits per heavy atom. The Balaban J connectivity index is 2.39. The Bertz CT molecular complexity index is 428. The minimum absolute atomic E-state index is 0.143. The van der Waals surface area contributed by atoms with Crippen LogP contribution in [0.5, 0.6) is 0 Å². The highest BCUT2D eigenvalue weighted by Crippen LogP contribution is 2.26. The number of hydrogen-bond acceptors (Lipinski definition) is 4. The molecule has 0 amide bonds. The SMILES string of the molecule is CCS(=O)(=O)CCNC(C)c1ccc(Cl)s1. The molecule has 0 aliphatic rings. The molecule has 1 rings (SSSR count). The molecular weight excluding hydrogens is 266 g/mol. The highest BCUT2D eigenvalue weighted by molar-refractivity contribution is 7.91. The van der Waals surface area contributed by atoms with Gasteiger partial charge in [-0.2, -0.15) is 0 Å². The number of nitrogens with one attached hydrogen (secondary N) is 1. The Hall–Kier alpha value is -0.100. The molecule has 3 nitrogen and oxygen atoms in total. The van der Waals surface area contributed by atoms with Gasteiger partial charge in [-0.15, -0.1) is 11.3 Å². The van der Waals surface area contributed by atoms with E-state index in [1.54, 1.807) is 6.92 Å². The fourth-order valence-electron chi connectivity index (χ4n) is 1.24. The van der Waals surface area contributed by atoms with E-state index in [1.165, 1.54) is 11.3 Å². The second-order valence-electron chi connectivity index (χ2n) is 3.55. The largest absolute Gasteiger partial charge is 0.308 e. The number of thiophene rings is 1. The molecule has 1 aromatic heterocycles. The molecule has 0 spiro atoms. The molecule has 0 saturated carbocycles. The molecule has 6 heteroatoms. The van der Waals surface area contributed by atoms with E-state index in [0.717, 1.165) is 9.21 Å². The van der Waals surface area contributed by atoms with Crippen molar-refractivity contribution in [1.82, 2.24) is 5.32 Å². The van der Waals surface area contributed by atoms with Crippen LogP contribution in [0, 0.1) is 0 Å². The zero-order valence-electron chi connectivity index (χ0n) is 9.36. The lowest BCUT2D eigenvalue weighted by atomic mass is 10.3. The molecule has 0 radical (unpaired) electrons. The van der Waals surface area contributed by atoms with E-state index in [1.807, 2.05) is 19.1 Å². The van der Waals surface area contributed by atoms with Crippen LogP contribution in [0.2, 0.25) is 4.34 Å². The summed E-state index contributed by atoms with van der Waals surface area (Å²) in [6.45, 7) is 4.14. The Morgan fingerprint density at radius 2 is 2.19 bits per heavy atom. The summed E-state index contributed by atoms with van der Waals surface area (Å²) in [5.74, 6) is 0.390. The van der Waals surface area contributed by atoms with Crippen molar-refractivity contribution in [1.29, 1.82) is 0 Å². The molecule has 0 aliphatic carbocycles. The Morgan fingerprint density at radius 1 is 1.50 bits per heavy atom. The predicted octanol–water partition coefficient (Wildman–Crippen LogP) is 2.49. The van der Waals surface area contributed by atoms with Crippen molar-refractivity contribution in [3.63, 3.8) is 0 Å². The third-order valence-corrected chi connectivity index (χ3v) is 5.44. The van der Waals surface area contributed by atoms with Crippen molar-refractivity contribution in [2.45, 2.75) is 19.9 Å². The van der Waals surface area contributed by atoms with Crippen LogP contribution in [0.3, 0.4) is 0 Å². The quantitative estimate of drug-likeness (QED) is 0.871. The minimum Gasteiger partial charge on any atom is -0.308 e. The van der Waals surface area contributed by atoms with E-state index < -0.39 is 9.84 Å². The highest BCUT2D eigenvalue weighted by atomic mass is 35.5. The fraction of sp³-hybridized carbons (Fsp3) is 0.600. The van der Waals surface area contributed by atoms with Gasteiger partial charge in [0.25, 0.3) is 0 Å². The van der Waals surface area contributed by atoms with Gasteiger partial charge in [0, 0.05) is 23.2 Å². The van der Waals surface area contributed by atoms with Gasteiger partial charge in [0.2, 0.25) is 0 Å². The molecule has 1 atom stereocenters. The molecule has 0 aliphatic heterocycles. The van der Waals surface area contributed by atoms with Gasteiger partial charge in [-0.3, -0.25) is 0 Å². The van der Waals surface area contributed by atoms with Crippen LogP contribution >= 0.6 is 22.9 Å². The summed E-state index contributed by atoms with van der Waals surface area (Å²) in [5.41, 5.74) is 0. The number of halogens is 1. The van der Waals surface area contributed by atoms with Crippen LogP contribution in [0.4, 0.5) is 0 Å². The average Bonchev–Trinajstić information content (AvgIpc) is 2.64. The minimum atomic E-state index is -2.88. The van der Waals surface area contributed by atoms with E-state index >= 15 is 0 Å². The standard InChI is InChI=1S/C10H16ClNO2S2/c1-3-16(13,14)7-6-12-8(2)9-4-5-10(11)15-9/h4-5,8,12H,3,6-7H2,1-2H3. The Kier molecular flexibility index (Phi) is 5.24. The molecule has 16 heavy (non-hydrogen) atoms. The molecule has 92 valence electrons. The predicted molar refractivity (Wildman–Crippen MR) is 70.1 cm³/mol. The molecule has 1 unspecified atom stereocenters. The first-order valence-corrected chi connectivity index (χ1v) is 8.15. The third kappa shape index (κ3) is 4.41. The highest BCUT2D eigenvalue weighted by Gasteiger charge is 2.10. The van der Waals surface area contributed by atoms with E-state index in [2.05, 4.69) is 5.32 Å². The lowest BCUT2D eigenvalue weighted by Crippen LogP contribution is -2.25. The molecule has 0 aromatic carbocycles. The summed E-state index contributed by atoms with van der Waals surface area (Å²) in [6.07, 6.45) is 0. The van der Waals surface area contributed by atoms with Crippen LogP contribution in [0.25, 0.3) is 0 Å². The van der Waals surface area contributed by atoms with Crippen molar-refractivity contribution < 1.29 is 8.42 Å². The van der Waals surface area contributed by atoms with Crippen LogP contribution in [0.15, 0.2) is 12.1 Å².